The number of rotatable bonds is 2. The standard InChI is InChI=1S/C9H17N3O/c1-7(9(2,3)4)5-6-11-12-8(10)13/h5-6H,1-4H3,(H3,10,12,13)/b7-5-,11-6+. The van der Waals surface area contributed by atoms with Crippen molar-refractivity contribution in [3.63, 3.8) is 0 Å². The van der Waals surface area contributed by atoms with Crippen molar-refractivity contribution in [2.75, 3.05) is 0 Å². The number of hydrogen-bond acceptors (Lipinski definition) is 2. The van der Waals surface area contributed by atoms with Gasteiger partial charge in [0.1, 0.15) is 0 Å². The molecule has 0 unspecified atom stereocenters. The fourth-order valence-corrected chi connectivity index (χ4v) is 0.500. The van der Waals surface area contributed by atoms with Crippen molar-refractivity contribution in [3.8, 4) is 0 Å². The highest BCUT2D eigenvalue weighted by Crippen LogP contribution is 2.23. The lowest BCUT2D eigenvalue weighted by Crippen LogP contribution is -2.24. The van der Waals surface area contributed by atoms with Gasteiger partial charge in [-0.3, -0.25) is 0 Å². The van der Waals surface area contributed by atoms with Crippen LogP contribution >= 0.6 is 0 Å². The fourth-order valence-electron chi connectivity index (χ4n) is 0.500. The second kappa shape index (κ2) is 4.64. The minimum atomic E-state index is -0.655. The van der Waals surface area contributed by atoms with Crippen LogP contribution in [0.15, 0.2) is 16.8 Å². The number of carbonyl (C=O) groups is 1. The van der Waals surface area contributed by atoms with Crippen LogP contribution in [0.1, 0.15) is 27.7 Å². The van der Waals surface area contributed by atoms with Crippen molar-refractivity contribution >= 4 is 12.2 Å². The molecule has 3 N–H and O–H groups in total. The number of hydrazone groups is 1. The van der Waals surface area contributed by atoms with E-state index in [-0.39, 0.29) is 5.41 Å². The molecule has 0 rings (SSSR count). The smallest absolute Gasteiger partial charge is 0.332 e. The van der Waals surface area contributed by atoms with Gasteiger partial charge in [-0.1, -0.05) is 26.3 Å². The molecule has 0 aliphatic carbocycles. The molecule has 0 aromatic rings. The molecule has 0 saturated carbocycles. The van der Waals surface area contributed by atoms with Gasteiger partial charge in [0, 0.05) is 6.21 Å². The van der Waals surface area contributed by atoms with Crippen LogP contribution in [0.4, 0.5) is 4.79 Å². The highest BCUT2D eigenvalue weighted by atomic mass is 16.2. The van der Waals surface area contributed by atoms with Gasteiger partial charge in [0.2, 0.25) is 0 Å². The molecular formula is C9H17N3O. The first-order chi connectivity index (χ1) is 5.84. The van der Waals surface area contributed by atoms with Gasteiger partial charge >= 0.3 is 6.03 Å². The van der Waals surface area contributed by atoms with E-state index in [0.717, 1.165) is 0 Å². The Morgan fingerprint density at radius 2 is 2.00 bits per heavy atom. The Morgan fingerprint density at radius 1 is 1.46 bits per heavy atom. The quantitative estimate of drug-likeness (QED) is 0.496. The van der Waals surface area contributed by atoms with Crippen LogP contribution in [0, 0.1) is 5.41 Å². The van der Waals surface area contributed by atoms with E-state index in [1.807, 2.05) is 13.0 Å². The summed E-state index contributed by atoms with van der Waals surface area (Å²) < 4.78 is 0. The lowest BCUT2D eigenvalue weighted by atomic mass is 9.88. The number of carbonyl (C=O) groups excluding carboxylic acids is 1. The summed E-state index contributed by atoms with van der Waals surface area (Å²) in [6.45, 7) is 8.33. The first kappa shape index (κ1) is 11.7. The van der Waals surface area contributed by atoms with Crippen molar-refractivity contribution in [2.45, 2.75) is 27.7 Å². The number of allylic oxidation sites excluding steroid dienone is 2. The lowest BCUT2D eigenvalue weighted by molar-refractivity contribution is 0.249. The molecule has 0 aliphatic heterocycles. The van der Waals surface area contributed by atoms with Crippen LogP contribution in [-0.4, -0.2) is 12.2 Å². The Labute approximate surface area is 78.9 Å². The van der Waals surface area contributed by atoms with Gasteiger partial charge in [-0.05, 0) is 18.4 Å². The third-order valence-electron chi connectivity index (χ3n) is 1.76. The third-order valence-corrected chi connectivity index (χ3v) is 1.76. The topological polar surface area (TPSA) is 67.5 Å². The molecule has 4 heteroatoms. The van der Waals surface area contributed by atoms with Crippen LogP contribution in [0.5, 0.6) is 0 Å². The molecule has 0 aliphatic rings. The molecule has 13 heavy (non-hydrogen) atoms. The molecule has 0 radical (unpaired) electrons. The van der Waals surface area contributed by atoms with Crippen LogP contribution in [0.25, 0.3) is 0 Å². The van der Waals surface area contributed by atoms with E-state index in [1.165, 1.54) is 11.8 Å². The normalized spacial score (nSPS) is 13.4. The predicted octanol–water partition coefficient (Wildman–Crippen LogP) is 1.63. The van der Waals surface area contributed by atoms with E-state index in [0.29, 0.717) is 0 Å². The summed E-state index contributed by atoms with van der Waals surface area (Å²) in [5, 5.41) is 3.60. The van der Waals surface area contributed by atoms with E-state index >= 15 is 0 Å². The van der Waals surface area contributed by atoms with Gasteiger partial charge in [0.15, 0.2) is 0 Å². The summed E-state index contributed by atoms with van der Waals surface area (Å²) in [5.41, 5.74) is 8.23. The van der Waals surface area contributed by atoms with E-state index in [2.05, 4.69) is 31.3 Å². The zero-order valence-corrected chi connectivity index (χ0v) is 8.59. The molecule has 0 aromatic heterocycles. The fraction of sp³-hybridized carbons (Fsp3) is 0.556. The Kier molecular flexibility index (Phi) is 4.17. The van der Waals surface area contributed by atoms with Crippen LogP contribution in [-0.2, 0) is 0 Å². The van der Waals surface area contributed by atoms with E-state index < -0.39 is 6.03 Å². The molecule has 0 heterocycles. The van der Waals surface area contributed by atoms with Crippen molar-refractivity contribution in [2.24, 2.45) is 16.3 Å². The predicted molar refractivity (Wildman–Crippen MR) is 54.4 cm³/mol. The molecular weight excluding hydrogens is 166 g/mol. The van der Waals surface area contributed by atoms with Gasteiger partial charge in [-0.2, -0.15) is 5.10 Å². The molecule has 0 fully saturated rings. The summed E-state index contributed by atoms with van der Waals surface area (Å²) in [5.74, 6) is 0. The number of nitrogens with one attached hydrogen (secondary N) is 1. The van der Waals surface area contributed by atoms with Gasteiger partial charge < -0.3 is 5.73 Å². The molecule has 0 aromatic carbocycles. The zero-order chi connectivity index (χ0) is 10.5. The second-order valence-electron chi connectivity index (χ2n) is 3.85. The number of nitrogens with zero attached hydrogens (tertiary/aromatic N) is 1. The zero-order valence-electron chi connectivity index (χ0n) is 8.59. The minimum absolute atomic E-state index is 0.124. The summed E-state index contributed by atoms with van der Waals surface area (Å²) in [7, 11) is 0. The first-order valence-electron chi connectivity index (χ1n) is 4.10. The molecule has 2 amide bonds. The molecule has 0 atom stereocenters. The third kappa shape index (κ3) is 5.90. The largest absolute Gasteiger partial charge is 0.350 e. The van der Waals surface area contributed by atoms with Crippen molar-refractivity contribution in [1.29, 1.82) is 0 Å². The average molecular weight is 183 g/mol. The second-order valence-corrected chi connectivity index (χ2v) is 3.85. The maximum atomic E-state index is 10.2. The molecule has 0 bridgehead atoms. The number of nitrogens with two attached hydrogens (primary N) is 1. The number of hydrogen-bond donors (Lipinski definition) is 2. The number of amides is 2. The Bertz CT molecular complexity index is 236. The Morgan fingerprint density at radius 3 is 2.38 bits per heavy atom. The molecule has 74 valence electrons. The Balaban J connectivity index is 4.12. The maximum absolute atomic E-state index is 10.2. The van der Waals surface area contributed by atoms with Crippen molar-refractivity contribution in [1.82, 2.24) is 5.43 Å². The van der Waals surface area contributed by atoms with Crippen LogP contribution in [0.3, 0.4) is 0 Å². The molecule has 4 nitrogen and oxygen atoms in total. The summed E-state index contributed by atoms with van der Waals surface area (Å²) >= 11 is 0. The van der Waals surface area contributed by atoms with Gasteiger partial charge in [0.05, 0.1) is 0 Å². The molecule has 0 spiro atoms. The SMILES string of the molecule is C/C(=C/C=N/NC(N)=O)C(C)(C)C. The summed E-state index contributed by atoms with van der Waals surface area (Å²) in [6.07, 6.45) is 3.36. The van der Waals surface area contributed by atoms with Crippen LogP contribution in [0.2, 0.25) is 0 Å². The van der Waals surface area contributed by atoms with Gasteiger partial charge in [-0.15, -0.1) is 0 Å². The monoisotopic (exact) mass is 183 g/mol. The van der Waals surface area contributed by atoms with Gasteiger partial charge in [-0.25, -0.2) is 10.2 Å². The van der Waals surface area contributed by atoms with Gasteiger partial charge in [0.25, 0.3) is 0 Å². The lowest BCUT2D eigenvalue weighted by Gasteiger charge is -2.18. The van der Waals surface area contributed by atoms with Crippen molar-refractivity contribution in [3.05, 3.63) is 11.6 Å². The first-order valence-corrected chi connectivity index (χ1v) is 4.10. The van der Waals surface area contributed by atoms with Crippen molar-refractivity contribution < 1.29 is 4.79 Å². The summed E-state index contributed by atoms with van der Waals surface area (Å²) in [6, 6.07) is -0.655. The number of primary amides is 1. The molecule has 0 saturated heterocycles. The highest BCUT2D eigenvalue weighted by Gasteiger charge is 2.10. The van der Waals surface area contributed by atoms with E-state index in [4.69, 9.17) is 5.73 Å². The van der Waals surface area contributed by atoms with Crippen LogP contribution < -0.4 is 11.2 Å². The minimum Gasteiger partial charge on any atom is -0.350 e. The van der Waals surface area contributed by atoms with E-state index in [1.54, 1.807) is 0 Å². The highest BCUT2D eigenvalue weighted by molar-refractivity contribution is 5.76. The number of urea groups is 1. The average Bonchev–Trinajstić information content (AvgIpc) is 1.95. The summed E-state index contributed by atoms with van der Waals surface area (Å²) in [4.78, 5) is 10.2. The maximum Gasteiger partial charge on any atom is 0.332 e. The van der Waals surface area contributed by atoms with E-state index in [9.17, 15) is 4.79 Å². The Hall–Kier alpha value is -1.32.